The van der Waals surface area contributed by atoms with E-state index in [1.165, 1.54) is 41.0 Å². The van der Waals surface area contributed by atoms with Crippen LogP contribution in [0.15, 0.2) is 35.6 Å². The minimum atomic E-state index is -1.60. The molecule has 2 atom stereocenters. The molecule has 2 heterocycles. The van der Waals surface area contributed by atoms with Gasteiger partial charge < -0.3 is 4.74 Å². The van der Waals surface area contributed by atoms with Crippen LogP contribution in [0.4, 0.5) is 13.6 Å². The molecular formula is C23H24ClF2N5O3S. The van der Waals surface area contributed by atoms with Crippen molar-refractivity contribution >= 4 is 46.5 Å². The number of carbonyl (C=O) groups excluding carboxylic acids is 1. The molecule has 2 unspecified atom stereocenters. The van der Waals surface area contributed by atoms with E-state index in [0.717, 1.165) is 0 Å². The summed E-state index contributed by atoms with van der Waals surface area (Å²) < 4.78 is 48.9. The van der Waals surface area contributed by atoms with E-state index in [1.807, 2.05) is 0 Å². The Hall–Kier alpha value is -2.92. The average Bonchev–Trinajstić information content (AvgIpc) is 3.57. The summed E-state index contributed by atoms with van der Waals surface area (Å²) in [4.78, 5) is 24.6. The first kappa shape index (κ1) is 25.2. The van der Waals surface area contributed by atoms with E-state index in [9.17, 15) is 13.4 Å². The van der Waals surface area contributed by atoms with Gasteiger partial charge in [0, 0.05) is 12.6 Å². The molecule has 1 aromatic heterocycles. The number of aliphatic imine (C=N–C) groups is 1. The van der Waals surface area contributed by atoms with E-state index in [2.05, 4.69) is 20.3 Å². The van der Waals surface area contributed by atoms with Gasteiger partial charge in [-0.15, -0.1) is 0 Å². The first-order chi connectivity index (χ1) is 16.4. The maximum absolute atomic E-state index is 15.0. The summed E-state index contributed by atoms with van der Waals surface area (Å²) >= 11 is 5.70. The van der Waals surface area contributed by atoms with Crippen LogP contribution in [0.2, 0.25) is 5.15 Å². The van der Waals surface area contributed by atoms with E-state index in [0.29, 0.717) is 18.4 Å². The topological polar surface area (TPSA) is 96.8 Å². The number of benzene rings is 1. The minimum Gasteiger partial charge on any atom is -0.444 e. The van der Waals surface area contributed by atoms with Crippen LogP contribution in [0, 0.1) is 5.82 Å². The zero-order valence-electron chi connectivity index (χ0n) is 19.5. The Bertz CT molecular complexity index is 1240. The molecule has 0 bridgehead atoms. The Balaban J connectivity index is 1.69. The van der Waals surface area contributed by atoms with Crippen molar-refractivity contribution < 1.29 is 22.5 Å². The maximum Gasteiger partial charge on any atom is 0.414 e. The molecule has 12 heteroatoms. The molecular weight excluding hydrogens is 500 g/mol. The van der Waals surface area contributed by atoms with Gasteiger partial charge >= 0.3 is 6.09 Å². The molecule has 4 rings (SSSR count). The number of aromatic nitrogens is 2. The highest BCUT2D eigenvalue weighted by atomic mass is 35.5. The first-order valence-electron chi connectivity index (χ1n) is 10.8. The molecule has 35 heavy (non-hydrogen) atoms. The lowest BCUT2D eigenvalue weighted by Gasteiger charge is -2.35. The summed E-state index contributed by atoms with van der Waals surface area (Å²) in [7, 11) is -0.0543. The van der Waals surface area contributed by atoms with Gasteiger partial charge in [-0.2, -0.15) is 0 Å². The molecule has 0 radical (unpaired) electrons. The summed E-state index contributed by atoms with van der Waals surface area (Å²) in [5, 5.41) is 2.64. The quantitative estimate of drug-likeness (QED) is 0.623. The van der Waals surface area contributed by atoms with Crippen LogP contribution in [0.1, 0.15) is 56.5 Å². The fraction of sp³-hybridized carbons (Fsp3) is 0.391. The third-order valence-corrected chi connectivity index (χ3v) is 7.67. The van der Waals surface area contributed by atoms with Crippen molar-refractivity contribution in [3.05, 3.63) is 58.4 Å². The van der Waals surface area contributed by atoms with Gasteiger partial charge in [0.05, 0.1) is 17.1 Å². The smallest absolute Gasteiger partial charge is 0.414 e. The van der Waals surface area contributed by atoms with Gasteiger partial charge in [-0.05, 0) is 57.4 Å². The van der Waals surface area contributed by atoms with E-state index in [1.54, 1.807) is 27.8 Å². The molecule has 186 valence electrons. The van der Waals surface area contributed by atoms with E-state index in [4.69, 9.17) is 16.3 Å². The number of alkyl carbamates (subject to hydrolysis) is 1. The number of nitrogens with zero attached hydrogens (tertiary/aromatic N) is 4. The fourth-order valence-corrected chi connectivity index (χ4v) is 5.43. The first-order valence-corrected chi connectivity index (χ1v) is 12.3. The molecule has 8 nitrogen and oxygen atoms in total. The summed E-state index contributed by atoms with van der Waals surface area (Å²) in [5.74, 6) is -1.26. The monoisotopic (exact) mass is 523 g/mol. The van der Waals surface area contributed by atoms with Crippen molar-refractivity contribution in [1.29, 1.82) is 0 Å². The van der Waals surface area contributed by atoms with Crippen LogP contribution < -0.4 is 5.32 Å². The van der Waals surface area contributed by atoms with Crippen LogP contribution in [0.3, 0.4) is 0 Å². The summed E-state index contributed by atoms with van der Waals surface area (Å²) in [6.45, 7) is 5.13. The zero-order chi connectivity index (χ0) is 25.5. The number of hydrogen-bond acceptors (Lipinski definition) is 6. The lowest BCUT2D eigenvalue weighted by molar-refractivity contribution is 0.0559. The Morgan fingerprint density at radius 3 is 2.63 bits per heavy atom. The van der Waals surface area contributed by atoms with Crippen molar-refractivity contribution in [3.8, 4) is 0 Å². The Morgan fingerprint density at radius 1 is 1.31 bits per heavy atom. The number of carbonyl (C=O) groups is 1. The van der Waals surface area contributed by atoms with Crippen LogP contribution >= 0.6 is 11.6 Å². The van der Waals surface area contributed by atoms with Gasteiger partial charge in [0.25, 0.3) is 0 Å². The molecule has 1 spiro atoms. The molecule has 1 saturated carbocycles. The normalized spacial score (nSPS) is 21.5. The number of halogens is 3. The highest BCUT2D eigenvalue weighted by Gasteiger charge is 2.60. The predicted molar refractivity (Wildman–Crippen MR) is 130 cm³/mol. The fourth-order valence-electron chi connectivity index (χ4n) is 3.72. The predicted octanol–water partition coefficient (Wildman–Crippen LogP) is 4.80. The molecule has 1 fully saturated rings. The van der Waals surface area contributed by atoms with Crippen molar-refractivity contribution in [1.82, 2.24) is 19.6 Å². The van der Waals surface area contributed by atoms with Crippen LogP contribution in [-0.4, -0.2) is 47.9 Å². The molecule has 2 aliphatic rings. The van der Waals surface area contributed by atoms with Crippen LogP contribution in [0.5, 0.6) is 0 Å². The Morgan fingerprint density at radius 2 is 2.03 bits per heavy atom. The second-order valence-corrected chi connectivity index (χ2v) is 11.5. The summed E-state index contributed by atoms with van der Waals surface area (Å²) in [6, 6.07) is 3.23. The van der Waals surface area contributed by atoms with E-state index >= 15 is 4.39 Å². The minimum absolute atomic E-state index is 0.00285. The second kappa shape index (κ2) is 9.27. The average molecular weight is 524 g/mol. The lowest BCUT2D eigenvalue weighted by Crippen LogP contribution is -2.52. The number of amides is 1. The van der Waals surface area contributed by atoms with Crippen LogP contribution in [-0.2, 0) is 15.7 Å². The standard InChI is InChI=1S/C23H24ClF2N5O3S/c1-22(2,3)34-21(32)30-20-29-19(23(7-8-23)35(33)31(20)4)14-9-13(5-6-15(14)25)10-16(26)17-11-28-18(24)12-27-17/h5-6,9-12,19H,7-8H2,1-4H3,(H,29,30,32)/b16-10-. The lowest BCUT2D eigenvalue weighted by atomic mass is 9.99. The van der Waals surface area contributed by atoms with Crippen molar-refractivity contribution in [2.75, 3.05) is 7.05 Å². The second-order valence-electron chi connectivity index (χ2n) is 9.29. The third-order valence-electron chi connectivity index (χ3n) is 5.47. The molecule has 1 aliphatic carbocycles. The van der Waals surface area contributed by atoms with Gasteiger partial charge in [0.15, 0.2) is 5.83 Å². The zero-order valence-corrected chi connectivity index (χ0v) is 21.1. The Kier molecular flexibility index (Phi) is 6.67. The number of hydrogen-bond donors (Lipinski definition) is 1. The molecule has 0 saturated heterocycles. The molecule has 1 amide bonds. The van der Waals surface area contributed by atoms with Gasteiger partial charge in [0.1, 0.15) is 39.3 Å². The number of guanidine groups is 1. The third kappa shape index (κ3) is 5.35. The largest absolute Gasteiger partial charge is 0.444 e. The van der Waals surface area contributed by atoms with Crippen molar-refractivity contribution in [2.24, 2.45) is 4.99 Å². The highest BCUT2D eigenvalue weighted by Crippen LogP contribution is 2.55. The molecule has 1 aromatic carbocycles. The van der Waals surface area contributed by atoms with E-state index in [-0.39, 0.29) is 22.4 Å². The van der Waals surface area contributed by atoms with Crippen molar-refractivity contribution in [2.45, 2.75) is 50.0 Å². The molecule has 1 N–H and O–H groups in total. The molecule has 2 aromatic rings. The SMILES string of the molecule is CN1C(NC(=O)OC(C)(C)C)=NC(c2cc(/C=C(\F)c3cnc(Cl)cn3)ccc2F)C2(CC2)S1=O. The van der Waals surface area contributed by atoms with Crippen LogP contribution in [0.25, 0.3) is 11.9 Å². The van der Waals surface area contributed by atoms with Gasteiger partial charge in [-0.1, -0.05) is 17.7 Å². The van der Waals surface area contributed by atoms with Gasteiger partial charge in [0.2, 0.25) is 5.96 Å². The highest BCUT2D eigenvalue weighted by molar-refractivity contribution is 7.85. The number of rotatable bonds is 3. The van der Waals surface area contributed by atoms with Crippen molar-refractivity contribution in [3.63, 3.8) is 0 Å². The van der Waals surface area contributed by atoms with Gasteiger partial charge in [-0.25, -0.2) is 32.7 Å². The Labute approximate surface area is 209 Å². The molecule has 1 aliphatic heterocycles. The van der Waals surface area contributed by atoms with Gasteiger partial charge in [-0.3, -0.25) is 9.62 Å². The maximum atomic E-state index is 15.0. The summed E-state index contributed by atoms with van der Waals surface area (Å²) in [5.41, 5.74) is -0.273. The summed E-state index contributed by atoms with van der Waals surface area (Å²) in [6.07, 6.45) is 3.96. The number of nitrogens with one attached hydrogen (secondary N) is 1. The number of ether oxygens (including phenoxy) is 1. The van der Waals surface area contributed by atoms with E-state index < -0.39 is 45.1 Å².